The van der Waals surface area contributed by atoms with Crippen LogP contribution in [0.2, 0.25) is 5.15 Å². The number of nitrogens with one attached hydrogen (secondary N) is 1. The van der Waals surface area contributed by atoms with Crippen LogP contribution in [-0.2, 0) is 4.79 Å². The minimum Gasteiger partial charge on any atom is -0.358 e. The molecule has 0 fully saturated rings. The predicted molar refractivity (Wildman–Crippen MR) is 64.9 cm³/mol. The number of rotatable bonds is 4. The molecule has 6 heteroatoms. The van der Waals surface area contributed by atoms with Gasteiger partial charge in [0.1, 0.15) is 10.8 Å². The Balaban J connectivity index is 2.82. The number of carbonyl (C=O) groups excluding carboxylic acids is 2. The van der Waals surface area contributed by atoms with E-state index in [0.29, 0.717) is 6.54 Å². The van der Waals surface area contributed by atoms with Gasteiger partial charge in [0, 0.05) is 13.6 Å². The Hall–Kier alpha value is -1.62. The van der Waals surface area contributed by atoms with E-state index in [-0.39, 0.29) is 29.2 Å². The molecule has 0 saturated heterocycles. The number of aromatic nitrogens is 1. The highest BCUT2D eigenvalue weighted by atomic mass is 35.5. The maximum Gasteiger partial charge on any atom is 0.272 e. The first kappa shape index (κ1) is 13.4. The van der Waals surface area contributed by atoms with Gasteiger partial charge in [-0.3, -0.25) is 9.59 Å². The Labute approximate surface area is 105 Å². The van der Waals surface area contributed by atoms with Gasteiger partial charge in [-0.15, -0.1) is 0 Å². The molecule has 92 valence electrons. The van der Waals surface area contributed by atoms with E-state index in [0.717, 1.165) is 0 Å². The number of hydrogen-bond donors (Lipinski definition) is 1. The van der Waals surface area contributed by atoms with E-state index < -0.39 is 0 Å². The molecule has 0 aromatic carbocycles. The largest absolute Gasteiger partial charge is 0.358 e. The minimum absolute atomic E-state index is 0.0139. The van der Waals surface area contributed by atoms with Crippen LogP contribution in [-0.4, -0.2) is 41.8 Å². The number of hydrogen-bond acceptors (Lipinski definition) is 3. The number of amides is 2. The van der Waals surface area contributed by atoms with Crippen LogP contribution < -0.4 is 5.32 Å². The van der Waals surface area contributed by atoms with Crippen LogP contribution in [0.25, 0.3) is 0 Å². The van der Waals surface area contributed by atoms with Crippen LogP contribution in [0.5, 0.6) is 0 Å². The molecule has 1 aromatic heterocycles. The summed E-state index contributed by atoms with van der Waals surface area (Å²) in [5.74, 6) is -0.527. The highest BCUT2D eigenvalue weighted by Gasteiger charge is 2.17. The Morgan fingerprint density at radius 2 is 2.18 bits per heavy atom. The summed E-state index contributed by atoms with van der Waals surface area (Å²) in [5, 5.41) is 2.72. The van der Waals surface area contributed by atoms with Crippen LogP contribution in [0.4, 0.5) is 0 Å². The van der Waals surface area contributed by atoms with E-state index in [1.165, 1.54) is 11.9 Å². The van der Waals surface area contributed by atoms with E-state index in [2.05, 4.69) is 10.3 Å². The second-order valence-electron chi connectivity index (χ2n) is 3.34. The van der Waals surface area contributed by atoms with Gasteiger partial charge in [0.25, 0.3) is 5.91 Å². The number of carbonyl (C=O) groups is 2. The zero-order valence-corrected chi connectivity index (χ0v) is 10.5. The quantitative estimate of drug-likeness (QED) is 0.815. The topological polar surface area (TPSA) is 62.3 Å². The van der Waals surface area contributed by atoms with Crippen LogP contribution in [0.15, 0.2) is 18.2 Å². The second-order valence-corrected chi connectivity index (χ2v) is 3.73. The number of likely N-dealkylation sites (N-methyl/N-ethyl adjacent to an activating group) is 2. The van der Waals surface area contributed by atoms with Crippen molar-refractivity contribution >= 4 is 23.4 Å². The summed E-state index contributed by atoms with van der Waals surface area (Å²) in [6.45, 7) is 2.24. The van der Waals surface area contributed by atoms with Gasteiger partial charge < -0.3 is 10.2 Å². The fourth-order valence-corrected chi connectivity index (χ4v) is 1.43. The van der Waals surface area contributed by atoms with Gasteiger partial charge in [0.05, 0.1) is 6.54 Å². The lowest BCUT2D eigenvalue weighted by atomic mass is 10.3. The standard InChI is InChI=1S/C11H14ClN3O2/c1-3-15(7-10(16)13-2)11(17)8-5-4-6-9(12)14-8/h4-6H,3,7H2,1-2H3,(H,13,16). The maximum atomic E-state index is 12.0. The van der Waals surface area contributed by atoms with Crippen molar-refractivity contribution in [3.05, 3.63) is 29.0 Å². The van der Waals surface area contributed by atoms with Gasteiger partial charge in [-0.2, -0.15) is 0 Å². The molecule has 2 amide bonds. The highest BCUT2D eigenvalue weighted by Crippen LogP contribution is 2.07. The van der Waals surface area contributed by atoms with Crippen molar-refractivity contribution in [2.24, 2.45) is 0 Å². The molecular formula is C11H14ClN3O2. The van der Waals surface area contributed by atoms with Crippen molar-refractivity contribution in [2.75, 3.05) is 20.1 Å². The first-order valence-corrected chi connectivity index (χ1v) is 5.58. The average Bonchev–Trinajstić information content (AvgIpc) is 2.34. The maximum absolute atomic E-state index is 12.0. The molecule has 17 heavy (non-hydrogen) atoms. The summed E-state index contributed by atoms with van der Waals surface area (Å²) in [6, 6.07) is 4.81. The number of halogens is 1. The average molecular weight is 256 g/mol. The molecule has 0 spiro atoms. The SMILES string of the molecule is CCN(CC(=O)NC)C(=O)c1cccc(Cl)n1. The minimum atomic E-state index is -0.307. The Morgan fingerprint density at radius 3 is 2.71 bits per heavy atom. The molecular weight excluding hydrogens is 242 g/mol. The second kappa shape index (κ2) is 6.20. The van der Waals surface area contributed by atoms with E-state index in [4.69, 9.17) is 11.6 Å². The van der Waals surface area contributed by atoms with Gasteiger partial charge in [-0.1, -0.05) is 17.7 Å². The lowest BCUT2D eigenvalue weighted by molar-refractivity contribution is -0.121. The number of nitrogens with zero attached hydrogens (tertiary/aromatic N) is 2. The van der Waals surface area contributed by atoms with Gasteiger partial charge in [-0.25, -0.2) is 4.98 Å². The highest BCUT2D eigenvalue weighted by molar-refractivity contribution is 6.29. The van der Waals surface area contributed by atoms with Gasteiger partial charge in [0.2, 0.25) is 5.91 Å². The van der Waals surface area contributed by atoms with E-state index in [1.807, 2.05) is 0 Å². The monoisotopic (exact) mass is 255 g/mol. The third-order valence-corrected chi connectivity index (χ3v) is 2.43. The fraction of sp³-hybridized carbons (Fsp3) is 0.364. The zero-order valence-electron chi connectivity index (χ0n) is 9.74. The Bertz CT molecular complexity index is 423. The number of pyridine rings is 1. The lowest BCUT2D eigenvalue weighted by Gasteiger charge is -2.19. The fourth-order valence-electron chi connectivity index (χ4n) is 1.27. The molecule has 1 rings (SSSR count). The lowest BCUT2D eigenvalue weighted by Crippen LogP contribution is -2.39. The molecule has 0 saturated carbocycles. The summed E-state index contributed by atoms with van der Waals surface area (Å²) in [4.78, 5) is 28.6. The van der Waals surface area contributed by atoms with Crippen molar-refractivity contribution in [1.82, 2.24) is 15.2 Å². The Morgan fingerprint density at radius 1 is 1.47 bits per heavy atom. The summed E-state index contributed by atoms with van der Waals surface area (Å²) in [6.07, 6.45) is 0. The normalized spacial score (nSPS) is 9.82. The molecule has 0 aliphatic rings. The van der Waals surface area contributed by atoms with Crippen molar-refractivity contribution in [1.29, 1.82) is 0 Å². The summed E-state index contributed by atoms with van der Waals surface area (Å²) in [7, 11) is 1.53. The first-order valence-electron chi connectivity index (χ1n) is 5.21. The molecule has 1 heterocycles. The van der Waals surface area contributed by atoms with Gasteiger partial charge >= 0.3 is 0 Å². The molecule has 0 unspecified atom stereocenters. The molecule has 0 aliphatic heterocycles. The van der Waals surface area contributed by atoms with Gasteiger partial charge in [-0.05, 0) is 19.1 Å². The summed E-state index contributed by atoms with van der Waals surface area (Å²) < 4.78 is 0. The van der Waals surface area contributed by atoms with Crippen molar-refractivity contribution < 1.29 is 9.59 Å². The molecule has 0 radical (unpaired) electrons. The van der Waals surface area contributed by atoms with Crippen LogP contribution >= 0.6 is 11.6 Å². The van der Waals surface area contributed by atoms with Crippen molar-refractivity contribution in [2.45, 2.75) is 6.92 Å². The summed E-state index contributed by atoms with van der Waals surface area (Å²) >= 11 is 5.71. The van der Waals surface area contributed by atoms with Crippen LogP contribution in [0, 0.1) is 0 Å². The molecule has 1 N–H and O–H groups in total. The molecule has 5 nitrogen and oxygen atoms in total. The predicted octanol–water partition coefficient (Wildman–Crippen LogP) is 0.943. The van der Waals surface area contributed by atoms with Crippen molar-refractivity contribution in [3.8, 4) is 0 Å². The van der Waals surface area contributed by atoms with E-state index in [1.54, 1.807) is 25.1 Å². The van der Waals surface area contributed by atoms with Crippen molar-refractivity contribution in [3.63, 3.8) is 0 Å². The van der Waals surface area contributed by atoms with E-state index in [9.17, 15) is 9.59 Å². The first-order chi connectivity index (χ1) is 8.08. The summed E-state index contributed by atoms with van der Waals surface area (Å²) in [5.41, 5.74) is 0.239. The third kappa shape index (κ3) is 3.71. The van der Waals surface area contributed by atoms with Crippen LogP contribution in [0.1, 0.15) is 17.4 Å². The zero-order chi connectivity index (χ0) is 12.8. The molecule has 0 aliphatic carbocycles. The smallest absolute Gasteiger partial charge is 0.272 e. The molecule has 1 aromatic rings. The Kier molecular flexibility index (Phi) is 4.90. The molecule has 0 bridgehead atoms. The van der Waals surface area contributed by atoms with E-state index >= 15 is 0 Å². The van der Waals surface area contributed by atoms with Gasteiger partial charge in [0.15, 0.2) is 0 Å². The third-order valence-electron chi connectivity index (χ3n) is 2.22. The molecule has 0 atom stereocenters. The van der Waals surface area contributed by atoms with Crippen LogP contribution in [0.3, 0.4) is 0 Å².